The van der Waals surface area contributed by atoms with Crippen molar-refractivity contribution >= 4 is 111 Å². The number of aliphatic hydroxyl groups excluding tert-OH is 1. The first-order valence-electron chi connectivity index (χ1n) is 50.3. The van der Waals surface area contributed by atoms with Gasteiger partial charge in [-0.1, -0.05) is 72.8 Å². The van der Waals surface area contributed by atoms with Gasteiger partial charge < -0.3 is 109 Å². The predicted octanol–water partition coefficient (Wildman–Crippen LogP) is 21.6. The fourth-order valence-corrected chi connectivity index (χ4v) is 19.8. The van der Waals surface area contributed by atoms with Crippen LogP contribution in [0.5, 0.6) is 0 Å². The van der Waals surface area contributed by atoms with E-state index in [2.05, 4.69) is 72.7 Å². The van der Waals surface area contributed by atoms with Gasteiger partial charge in [-0.2, -0.15) is 0 Å². The molecule has 0 unspecified atom stereocenters. The highest BCUT2D eigenvalue weighted by Crippen LogP contribution is 2.47. The summed E-state index contributed by atoms with van der Waals surface area (Å²) in [5, 5.41) is 25.1. The number of carbonyl (C=O) groups excluding carboxylic acids is 12. The average molecular weight is 2040 g/mol. The van der Waals surface area contributed by atoms with Gasteiger partial charge in [0.2, 0.25) is 35.3 Å². The lowest BCUT2D eigenvalue weighted by molar-refractivity contribution is -0.118. The van der Waals surface area contributed by atoms with E-state index in [1.807, 2.05) is 198 Å². The largest absolute Gasteiger partial charge is 0.465 e. The Morgan fingerprint density at radius 2 is 0.678 bits per heavy atom. The van der Waals surface area contributed by atoms with Gasteiger partial charge in [0, 0.05) is 129 Å². The van der Waals surface area contributed by atoms with Crippen molar-refractivity contribution in [2.75, 3.05) is 45.3 Å². The van der Waals surface area contributed by atoms with E-state index in [4.69, 9.17) is 43.0 Å². The molecule has 5 aliphatic heterocycles. The molecule has 0 saturated heterocycles. The quantitative estimate of drug-likeness (QED) is 0.0259. The first-order chi connectivity index (χ1) is 70.8. The number of carbonyl (C=O) groups is 12. The summed E-state index contributed by atoms with van der Waals surface area (Å²) in [6.07, 6.45) is 3.35. The van der Waals surface area contributed by atoms with Crippen LogP contribution in [0.4, 0.5) is 52.4 Å². The van der Waals surface area contributed by atoms with Crippen molar-refractivity contribution in [2.45, 2.75) is 274 Å². The van der Waals surface area contributed by atoms with Crippen LogP contribution in [0.1, 0.15) is 261 Å². The molecule has 0 radical (unpaired) electrons. The van der Waals surface area contributed by atoms with Crippen molar-refractivity contribution in [2.24, 2.45) is 5.73 Å². The minimum Gasteiger partial charge on any atom is -0.465 e. The summed E-state index contributed by atoms with van der Waals surface area (Å²) in [6, 6.07) is 56.4. The van der Waals surface area contributed by atoms with E-state index in [-0.39, 0.29) is 133 Å². The van der Waals surface area contributed by atoms with Crippen LogP contribution >= 0.6 is 0 Å². The molecule has 8 heterocycles. The zero-order chi connectivity index (χ0) is 108. The van der Waals surface area contributed by atoms with Gasteiger partial charge in [-0.25, -0.2) is 33.6 Å². The Morgan fingerprint density at radius 3 is 1.01 bits per heavy atom. The van der Waals surface area contributed by atoms with Gasteiger partial charge in [0.25, 0.3) is 0 Å². The maximum atomic E-state index is 12.3. The number of ether oxygens (including phenoxy) is 7. The highest BCUT2D eigenvalue weighted by atomic mass is 16.6. The monoisotopic (exact) mass is 2040 g/mol. The van der Waals surface area contributed by atoms with Crippen LogP contribution in [0.3, 0.4) is 0 Å². The van der Waals surface area contributed by atoms with E-state index in [1.165, 1.54) is 34.3 Å². The molecule has 0 aliphatic carbocycles. The minimum atomic E-state index is -0.563. The van der Waals surface area contributed by atoms with Crippen molar-refractivity contribution in [3.63, 3.8) is 0 Å². The number of rotatable bonds is 20. The number of nitrogens with one attached hydrogen (secondary N) is 6. The second kappa shape index (κ2) is 50.2. The van der Waals surface area contributed by atoms with Gasteiger partial charge in [-0.15, -0.1) is 0 Å². The summed E-state index contributed by atoms with van der Waals surface area (Å²) in [5.41, 5.74) is 25.0. The van der Waals surface area contributed by atoms with Crippen molar-refractivity contribution in [1.82, 2.24) is 31.6 Å². The SMILES string of the molecule is CC(=O)N1c2ccc(-c3ccc4cc[nH]c4c3)cc2[C@H](NC(=O)OC(C)C)C[C@@H]1C.CC(=O)N1c2ccc(-c3cccc(CCO)c3)cc2[C@H](NC(=O)OC(C)C)C[C@@H]1C.CC(=O)N1c2ccc(-c3cccc(CN)c3)cc2[C@H](NC(=O)OC(C)C)C[C@@H]1C.COC(=O)c1ccc(-c2ccc3c(c2)[C@H](NC(=O)OC(C)C)C[C@H](C)N3C(C)=O)o1.COC(=O)c1ccoc1-c1ccc2c(c1)[C@H](NC(=O)OC(C)C)C[C@H](C)N2C(C)=O. The first-order valence-corrected chi connectivity index (χ1v) is 50.3. The Hall–Kier alpha value is -15.6. The van der Waals surface area contributed by atoms with Crippen LogP contribution in [0, 0.1) is 0 Å². The fraction of sp³-hybridized carbons (Fsp3) is 0.391. The van der Waals surface area contributed by atoms with E-state index < -0.39 is 42.4 Å². The van der Waals surface area contributed by atoms with Gasteiger partial charge in [-0.3, -0.25) is 24.0 Å². The first kappa shape index (κ1) is 112. The lowest BCUT2D eigenvalue weighted by atomic mass is 9.89. The summed E-state index contributed by atoms with van der Waals surface area (Å²) in [5.74, 6) is -0.344. The lowest BCUT2D eigenvalue weighted by Gasteiger charge is -2.39. The number of fused-ring (bicyclic) bond motifs is 6. The number of hydrogen-bond donors (Lipinski definition) is 8. The number of H-pyrrole nitrogens is 1. The average Bonchev–Trinajstić information content (AvgIpc) is 1.77. The van der Waals surface area contributed by atoms with Crippen molar-refractivity contribution in [3.8, 4) is 56.0 Å². The molecule has 149 heavy (non-hydrogen) atoms. The van der Waals surface area contributed by atoms with Gasteiger partial charge in [-0.05, 0) is 329 Å². The number of anilines is 5. The zero-order valence-corrected chi connectivity index (χ0v) is 88.6. The molecule has 9 N–H and O–H groups in total. The van der Waals surface area contributed by atoms with Gasteiger partial charge in [0.05, 0.1) is 81.2 Å². The molecule has 8 aromatic carbocycles. The number of esters is 2. The molecule has 0 bridgehead atoms. The Morgan fingerprint density at radius 1 is 0.369 bits per heavy atom. The number of nitrogens with zero attached hydrogens (tertiary/aromatic N) is 5. The molecule has 10 amide bonds. The molecular formula is C115H138N12O22. The van der Waals surface area contributed by atoms with Gasteiger partial charge in [0.1, 0.15) is 17.1 Å². The van der Waals surface area contributed by atoms with E-state index in [0.717, 1.165) is 106 Å². The molecule has 10 atom stereocenters. The molecule has 0 saturated carbocycles. The van der Waals surface area contributed by atoms with Crippen LogP contribution in [-0.2, 0) is 70.1 Å². The Balaban J connectivity index is 0.000000165. The van der Waals surface area contributed by atoms with E-state index in [9.17, 15) is 62.6 Å². The summed E-state index contributed by atoms with van der Waals surface area (Å²) < 4.78 is 47.0. The number of alkyl carbamates (subject to hydrolysis) is 5. The second-order valence-electron chi connectivity index (χ2n) is 39.2. The number of amides is 10. The zero-order valence-electron chi connectivity index (χ0n) is 88.6. The molecule has 34 heteroatoms. The van der Waals surface area contributed by atoms with Crippen LogP contribution in [0.15, 0.2) is 203 Å². The van der Waals surface area contributed by atoms with E-state index in [1.54, 1.807) is 103 Å². The standard InChI is InChI=1S/C24H27N3O3.C24H30N2O4.C23H29N3O3.2C22H26N2O6/c1-14(2)30-24(29)26-22-11-15(3)27(16(4)28)23-8-7-18(12-20(22)23)19-6-5-17-9-10-25-21(17)13-19;1-15(2)30-24(29)25-22-12-16(3)26(17(4)28)23-9-8-20(14-21(22)23)19-7-5-6-18(13-19)10-11-27;1-14(2)29-23(28)25-21-10-15(3)26(16(4)27)22-9-8-19(12-20(21)22)18-7-5-6-17(11-18)13-24;1-12(2)29-22(27)23-17-10-13(3)24(14(4)25)18-7-6-15(11-16(17)18)19-8-9-20(30-19)21(26)28-5;1-12(2)30-22(27)23-18-10-13(3)24(14(4)25)19-7-6-15(11-17(18)19)20-16(8-9-29-20)21(26)28-5/h5-10,12-15,22,25H,11H2,1-4H3,(H,26,29);5-9,13-16,22,27H,10-12H2,1-4H3,(H,25,29);5-9,11-12,14-15,21H,10,13,24H2,1-4H3,(H,25,28);6-9,11-13,17H,10H2,1-5H3,(H,23,27);6-9,11-13,18H,10H2,1-5H3,(H,23,27)/t15-,22+;16-,22+;15-,21+;13-,17+;13-,18+/m00000/s1. The maximum absolute atomic E-state index is 12.3. The van der Waals surface area contributed by atoms with Crippen molar-refractivity contribution < 1.29 is 105 Å². The number of nitrogens with two attached hydrogens (primary N) is 1. The normalized spacial score (nSPS) is 18.2. The summed E-state index contributed by atoms with van der Waals surface area (Å²) in [6.45, 7) is 36.2. The third-order valence-electron chi connectivity index (χ3n) is 25.9. The number of benzene rings is 8. The lowest BCUT2D eigenvalue weighted by Crippen LogP contribution is -2.45. The number of aromatic nitrogens is 1. The number of aromatic amines is 1. The topological polar surface area (TPSA) is 434 Å². The summed E-state index contributed by atoms with van der Waals surface area (Å²) in [4.78, 5) is 159. The Kier molecular flexibility index (Phi) is 37.8. The smallest absolute Gasteiger partial charge is 0.407 e. The number of hydrogen-bond acceptors (Lipinski definition) is 23. The number of furan rings is 2. The molecule has 16 rings (SSSR count). The predicted molar refractivity (Wildman–Crippen MR) is 571 cm³/mol. The molecule has 0 fully saturated rings. The summed E-state index contributed by atoms with van der Waals surface area (Å²) >= 11 is 0. The minimum absolute atomic E-state index is 0.00693. The van der Waals surface area contributed by atoms with Crippen LogP contribution in [0.2, 0.25) is 0 Å². The molecule has 790 valence electrons. The maximum Gasteiger partial charge on any atom is 0.407 e. The molecule has 3 aromatic heterocycles. The second-order valence-corrected chi connectivity index (χ2v) is 39.2. The summed E-state index contributed by atoms with van der Waals surface area (Å²) in [7, 11) is 2.59. The highest BCUT2D eigenvalue weighted by molar-refractivity contribution is 6.00. The molecule has 0 spiro atoms. The third kappa shape index (κ3) is 27.8. The fourth-order valence-electron chi connectivity index (χ4n) is 19.8. The molecule has 5 aliphatic rings. The van der Waals surface area contributed by atoms with E-state index >= 15 is 0 Å². The molecule has 11 aromatic rings. The van der Waals surface area contributed by atoms with Crippen LogP contribution in [0.25, 0.3) is 66.9 Å². The van der Waals surface area contributed by atoms with Gasteiger partial charge in [0.15, 0.2) is 0 Å². The van der Waals surface area contributed by atoms with Gasteiger partial charge >= 0.3 is 42.4 Å². The Labute approximate surface area is 869 Å². The highest BCUT2D eigenvalue weighted by Gasteiger charge is 2.41. The van der Waals surface area contributed by atoms with E-state index in [0.29, 0.717) is 79.0 Å². The number of aliphatic hydroxyl groups is 1. The van der Waals surface area contributed by atoms with Crippen LogP contribution in [-0.4, -0.2) is 164 Å². The van der Waals surface area contributed by atoms with Crippen molar-refractivity contribution in [3.05, 3.63) is 245 Å². The van der Waals surface area contributed by atoms with Crippen LogP contribution < -0.4 is 56.8 Å². The molecule has 34 nitrogen and oxygen atoms in total. The molecular weight excluding hydrogens is 1900 g/mol. The Bertz CT molecular complexity index is 6690. The third-order valence-corrected chi connectivity index (χ3v) is 25.9. The number of methoxy groups -OCH3 is 2. The van der Waals surface area contributed by atoms with Crippen molar-refractivity contribution in [1.29, 1.82) is 0 Å².